The molecule has 1 aromatic carbocycles. The van der Waals surface area contributed by atoms with Crippen LogP contribution in [0, 0.1) is 5.92 Å². The number of thiazole rings is 1. The molecule has 1 N–H and O–H groups in total. The van der Waals surface area contributed by atoms with E-state index in [0.717, 1.165) is 45.3 Å². The minimum atomic E-state index is -0.000958. The van der Waals surface area contributed by atoms with Gasteiger partial charge in [0.15, 0.2) is 0 Å². The number of ether oxygens (including phenoxy) is 1. The van der Waals surface area contributed by atoms with Crippen LogP contribution in [-0.2, 0) is 0 Å². The molecule has 2 aliphatic heterocycles. The fourth-order valence-corrected chi connectivity index (χ4v) is 7.14. The van der Waals surface area contributed by atoms with E-state index < -0.39 is 0 Å². The van der Waals surface area contributed by atoms with Crippen LogP contribution in [-0.4, -0.2) is 62.2 Å². The number of urea groups is 1. The number of amides is 2. The standard InChI is InChI=1S/C23H27IN5O2S/c30-23(29-13-18(14-29)31-19-4-3-5-20-22(19)27-16-32-20)26-15-24-9-7-17-8-11-28(12-17)21-6-1-2-10-25-21/h1-6,10,16-18H,7-9,11-15H2,(H,26,30)/q-1. The van der Waals surface area contributed by atoms with Gasteiger partial charge in [0.1, 0.15) is 0 Å². The minimum absolute atomic E-state index is 0.000958. The molecule has 2 aliphatic rings. The number of carbonyl (C=O) groups excluding carboxylic acids is 1. The fourth-order valence-electron chi connectivity index (χ4n) is 4.15. The van der Waals surface area contributed by atoms with Crippen molar-refractivity contribution in [3.05, 3.63) is 48.1 Å². The van der Waals surface area contributed by atoms with Crippen LogP contribution in [0.2, 0.25) is 0 Å². The summed E-state index contributed by atoms with van der Waals surface area (Å²) in [7, 11) is 0. The quantitative estimate of drug-likeness (QED) is 0.186. The topological polar surface area (TPSA) is 70.6 Å². The number of fused-ring (bicyclic) bond motifs is 1. The summed E-state index contributed by atoms with van der Waals surface area (Å²) in [5.41, 5.74) is 2.75. The van der Waals surface area contributed by atoms with Gasteiger partial charge in [-0.05, 0) is 0 Å². The van der Waals surface area contributed by atoms with Crippen LogP contribution >= 0.6 is 11.3 Å². The second-order valence-electron chi connectivity index (χ2n) is 8.17. The summed E-state index contributed by atoms with van der Waals surface area (Å²) < 4.78 is 9.29. The van der Waals surface area contributed by atoms with Gasteiger partial charge in [-0.1, -0.05) is 0 Å². The number of aromatic nitrogens is 2. The van der Waals surface area contributed by atoms with Crippen molar-refractivity contribution < 1.29 is 30.7 Å². The number of benzene rings is 1. The summed E-state index contributed by atoms with van der Waals surface area (Å²) in [6.45, 7) is 3.48. The molecule has 170 valence electrons. The Morgan fingerprint density at radius 1 is 1.19 bits per heavy atom. The van der Waals surface area contributed by atoms with E-state index in [-0.39, 0.29) is 33.3 Å². The third kappa shape index (κ3) is 5.09. The molecule has 0 bridgehead atoms. The molecule has 9 heteroatoms. The van der Waals surface area contributed by atoms with E-state index in [9.17, 15) is 4.79 Å². The molecular formula is C23H27IN5O2S-. The number of para-hydroxylation sites is 1. The number of anilines is 1. The number of rotatable bonds is 8. The van der Waals surface area contributed by atoms with Crippen molar-refractivity contribution in [3.63, 3.8) is 0 Å². The Kier molecular flexibility index (Phi) is 6.92. The van der Waals surface area contributed by atoms with Gasteiger partial charge < -0.3 is 0 Å². The number of hydrogen-bond acceptors (Lipinski definition) is 6. The van der Waals surface area contributed by atoms with E-state index in [1.54, 1.807) is 11.3 Å². The molecule has 7 nitrogen and oxygen atoms in total. The van der Waals surface area contributed by atoms with Crippen molar-refractivity contribution in [2.75, 3.05) is 40.1 Å². The Bertz CT molecular complexity index is 1040. The summed E-state index contributed by atoms with van der Waals surface area (Å²) in [5, 5.41) is 3.10. The van der Waals surface area contributed by atoms with Gasteiger partial charge in [0.25, 0.3) is 0 Å². The molecule has 2 aromatic heterocycles. The third-order valence-electron chi connectivity index (χ3n) is 5.97. The van der Waals surface area contributed by atoms with E-state index in [0.29, 0.717) is 13.1 Å². The first-order valence-electron chi connectivity index (χ1n) is 11.0. The van der Waals surface area contributed by atoms with Gasteiger partial charge in [0.05, 0.1) is 0 Å². The normalized spacial score (nSPS) is 18.8. The molecule has 5 rings (SSSR count). The van der Waals surface area contributed by atoms with E-state index >= 15 is 0 Å². The SMILES string of the molecule is O=C(NC[I-]CCC1CCN(c2ccccn2)C1)N1CC(Oc2cccc3scnc23)C1. The Morgan fingerprint density at radius 2 is 2.12 bits per heavy atom. The van der Waals surface area contributed by atoms with E-state index in [2.05, 4.69) is 32.3 Å². The zero-order chi connectivity index (χ0) is 21.8. The Hall–Kier alpha value is -2.14. The van der Waals surface area contributed by atoms with E-state index in [4.69, 9.17) is 4.74 Å². The van der Waals surface area contributed by atoms with Crippen LogP contribution in [0.4, 0.5) is 10.6 Å². The van der Waals surface area contributed by atoms with Gasteiger partial charge in [-0.15, -0.1) is 0 Å². The summed E-state index contributed by atoms with van der Waals surface area (Å²) in [6, 6.07) is 12.1. The van der Waals surface area contributed by atoms with Crippen LogP contribution in [0.5, 0.6) is 5.75 Å². The third-order valence-corrected chi connectivity index (χ3v) is 9.08. The average molecular weight is 564 g/mol. The zero-order valence-corrected chi connectivity index (χ0v) is 20.8. The molecule has 0 radical (unpaired) electrons. The van der Waals surface area contributed by atoms with Crippen LogP contribution in [0.15, 0.2) is 48.1 Å². The molecule has 1 atom stereocenters. The summed E-state index contributed by atoms with van der Waals surface area (Å²) in [5.74, 6) is 2.66. The van der Waals surface area contributed by atoms with Crippen molar-refractivity contribution in [3.8, 4) is 5.75 Å². The number of alkyl halides is 2. The first-order valence-corrected chi connectivity index (χ1v) is 14.9. The van der Waals surface area contributed by atoms with Crippen LogP contribution in [0.1, 0.15) is 12.8 Å². The van der Waals surface area contributed by atoms with Gasteiger partial charge in [0.2, 0.25) is 0 Å². The molecule has 32 heavy (non-hydrogen) atoms. The first-order chi connectivity index (χ1) is 15.8. The molecule has 2 fully saturated rings. The Balaban J connectivity index is 0.955. The number of likely N-dealkylation sites (tertiary alicyclic amines) is 1. The molecule has 0 saturated carbocycles. The number of carbonyl (C=O) groups is 1. The number of nitrogens with zero attached hydrogens (tertiary/aromatic N) is 4. The van der Waals surface area contributed by atoms with Crippen molar-refractivity contribution in [1.82, 2.24) is 20.2 Å². The predicted molar refractivity (Wildman–Crippen MR) is 123 cm³/mol. The maximum atomic E-state index is 12.4. The summed E-state index contributed by atoms with van der Waals surface area (Å²) in [6.07, 6.45) is 4.42. The molecule has 0 spiro atoms. The van der Waals surface area contributed by atoms with Gasteiger partial charge in [-0.3, -0.25) is 0 Å². The van der Waals surface area contributed by atoms with Gasteiger partial charge in [0, 0.05) is 0 Å². The van der Waals surface area contributed by atoms with Crippen molar-refractivity contribution >= 4 is 33.4 Å². The van der Waals surface area contributed by atoms with Crippen LogP contribution in [0.3, 0.4) is 0 Å². The molecule has 2 amide bonds. The van der Waals surface area contributed by atoms with Gasteiger partial charge in [-0.2, -0.15) is 0 Å². The van der Waals surface area contributed by atoms with Crippen molar-refractivity contribution in [2.24, 2.45) is 5.92 Å². The Morgan fingerprint density at radius 3 is 3.00 bits per heavy atom. The monoisotopic (exact) mass is 564 g/mol. The average Bonchev–Trinajstić information content (AvgIpc) is 3.46. The number of nitrogens with one attached hydrogen (secondary N) is 1. The molecule has 3 aromatic rings. The maximum absolute atomic E-state index is 12.4. The van der Waals surface area contributed by atoms with Crippen molar-refractivity contribution in [2.45, 2.75) is 18.9 Å². The van der Waals surface area contributed by atoms with E-state index in [1.807, 2.05) is 40.9 Å². The number of halogens is 1. The molecule has 0 aliphatic carbocycles. The number of hydrogen-bond donors (Lipinski definition) is 1. The van der Waals surface area contributed by atoms with Crippen molar-refractivity contribution in [1.29, 1.82) is 0 Å². The summed E-state index contributed by atoms with van der Waals surface area (Å²) in [4.78, 5) is 25.4. The van der Waals surface area contributed by atoms with E-state index in [1.165, 1.54) is 17.3 Å². The van der Waals surface area contributed by atoms with Gasteiger partial charge >= 0.3 is 203 Å². The predicted octanol–water partition coefficient (Wildman–Crippen LogP) is 0.427. The fraction of sp³-hybridized carbons (Fsp3) is 0.435. The zero-order valence-electron chi connectivity index (χ0n) is 17.8. The molecular weight excluding hydrogens is 537 g/mol. The van der Waals surface area contributed by atoms with Crippen LogP contribution < -0.4 is 36.2 Å². The molecule has 2 saturated heterocycles. The van der Waals surface area contributed by atoms with Gasteiger partial charge in [-0.25, -0.2) is 0 Å². The van der Waals surface area contributed by atoms with Crippen LogP contribution in [0.25, 0.3) is 10.2 Å². The second kappa shape index (κ2) is 10.2. The summed E-state index contributed by atoms with van der Waals surface area (Å²) >= 11 is 1.61. The second-order valence-corrected chi connectivity index (χ2v) is 12.0. The number of pyridine rings is 1. The first kappa shape index (κ1) is 21.7. The molecule has 4 heterocycles. The molecule has 1 unspecified atom stereocenters. The Labute approximate surface area is 202 Å².